The third kappa shape index (κ3) is 3.12. The molecule has 19 heavy (non-hydrogen) atoms. The van der Waals surface area contributed by atoms with E-state index in [0.717, 1.165) is 16.6 Å². The van der Waals surface area contributed by atoms with Crippen LogP contribution in [0.3, 0.4) is 0 Å². The van der Waals surface area contributed by atoms with Crippen LogP contribution in [0.15, 0.2) is 30.6 Å². The minimum Gasteiger partial charge on any atom is -0.487 e. The number of aromatic amines is 1. The van der Waals surface area contributed by atoms with E-state index in [1.165, 1.54) is 6.08 Å². The normalized spacial score (nSPS) is 12.7. The third-order valence-corrected chi connectivity index (χ3v) is 2.72. The molecule has 0 saturated carbocycles. The lowest BCUT2D eigenvalue weighted by Crippen LogP contribution is -2.16. The fraction of sp³-hybridized carbons (Fsp3) is 0.286. The number of aliphatic hydroxyl groups is 1. The van der Waals surface area contributed by atoms with Crippen LogP contribution < -0.4 is 4.74 Å². The van der Waals surface area contributed by atoms with E-state index in [-0.39, 0.29) is 12.7 Å². The molecule has 0 aliphatic heterocycles. The smallest absolute Gasteiger partial charge is 0.138 e. The monoisotopic (exact) mass is 257 g/mol. The number of rotatable bonds is 5. The molecule has 0 aromatic carbocycles. The molecule has 0 fully saturated rings. The summed E-state index contributed by atoms with van der Waals surface area (Å²) in [6, 6.07) is 3.85. The molecular weight excluding hydrogens is 242 g/mol. The summed E-state index contributed by atoms with van der Waals surface area (Å²) in [7, 11) is 0. The van der Waals surface area contributed by atoms with E-state index >= 15 is 0 Å². The fourth-order valence-electron chi connectivity index (χ4n) is 1.78. The van der Waals surface area contributed by atoms with Crippen molar-refractivity contribution in [2.45, 2.75) is 19.4 Å². The van der Waals surface area contributed by atoms with Crippen LogP contribution in [0.25, 0.3) is 11.0 Å². The van der Waals surface area contributed by atoms with E-state index in [1.807, 2.05) is 18.3 Å². The standard InChI is InChI=1S/C14H15N3O2/c1-10(9-18)19-12-6-13-11(4-2-3-5-15)7-16-14(13)17-8-12/h2-3,6-8,10,18H,4,9H2,1H3,(H,16,17)/b3-2+. The Kier molecular flexibility index (Phi) is 4.16. The second-order valence-corrected chi connectivity index (χ2v) is 4.23. The van der Waals surface area contributed by atoms with Gasteiger partial charge in [-0.05, 0) is 25.0 Å². The molecule has 5 nitrogen and oxygen atoms in total. The predicted molar refractivity (Wildman–Crippen MR) is 71.7 cm³/mol. The molecule has 0 amide bonds. The van der Waals surface area contributed by atoms with Crippen LogP contribution in [0.1, 0.15) is 12.5 Å². The van der Waals surface area contributed by atoms with Gasteiger partial charge in [0.25, 0.3) is 0 Å². The Morgan fingerprint density at radius 1 is 1.63 bits per heavy atom. The fourth-order valence-corrected chi connectivity index (χ4v) is 1.78. The van der Waals surface area contributed by atoms with Crippen LogP contribution in [0.4, 0.5) is 0 Å². The molecule has 0 bridgehead atoms. The van der Waals surface area contributed by atoms with Gasteiger partial charge in [0.15, 0.2) is 0 Å². The summed E-state index contributed by atoms with van der Waals surface area (Å²) in [5, 5.41) is 18.4. The number of aromatic nitrogens is 2. The SMILES string of the molecule is CC(CO)Oc1cnc2[nH]cc(C/C=C/C#N)c2c1. The van der Waals surface area contributed by atoms with Gasteiger partial charge in [-0.25, -0.2) is 4.98 Å². The van der Waals surface area contributed by atoms with Gasteiger partial charge in [-0.15, -0.1) is 0 Å². The summed E-state index contributed by atoms with van der Waals surface area (Å²) in [6.45, 7) is 1.75. The molecule has 2 aromatic rings. The largest absolute Gasteiger partial charge is 0.487 e. The molecule has 2 heterocycles. The van der Waals surface area contributed by atoms with Gasteiger partial charge < -0.3 is 14.8 Å². The number of pyridine rings is 1. The van der Waals surface area contributed by atoms with Crippen LogP contribution in [-0.4, -0.2) is 27.8 Å². The van der Waals surface area contributed by atoms with Gasteiger partial charge in [0, 0.05) is 17.7 Å². The van der Waals surface area contributed by atoms with E-state index in [9.17, 15) is 0 Å². The van der Waals surface area contributed by atoms with Crippen molar-refractivity contribution in [1.82, 2.24) is 9.97 Å². The highest BCUT2D eigenvalue weighted by Gasteiger charge is 2.07. The topological polar surface area (TPSA) is 81.9 Å². The van der Waals surface area contributed by atoms with E-state index < -0.39 is 0 Å². The molecule has 5 heteroatoms. The maximum Gasteiger partial charge on any atom is 0.138 e. The number of nitrogens with one attached hydrogen (secondary N) is 1. The second-order valence-electron chi connectivity index (χ2n) is 4.23. The molecule has 1 unspecified atom stereocenters. The minimum atomic E-state index is -0.264. The molecule has 0 aliphatic carbocycles. The molecule has 1 atom stereocenters. The first-order chi connectivity index (χ1) is 9.24. The summed E-state index contributed by atoms with van der Waals surface area (Å²) >= 11 is 0. The van der Waals surface area contributed by atoms with Crippen LogP contribution in [0.2, 0.25) is 0 Å². The van der Waals surface area contributed by atoms with Crippen molar-refractivity contribution in [1.29, 1.82) is 5.26 Å². The van der Waals surface area contributed by atoms with E-state index in [4.69, 9.17) is 15.1 Å². The first-order valence-electron chi connectivity index (χ1n) is 6.02. The Morgan fingerprint density at radius 2 is 2.47 bits per heavy atom. The summed E-state index contributed by atoms with van der Waals surface area (Å²) in [6.07, 6.45) is 7.15. The Labute approximate surface area is 111 Å². The van der Waals surface area contributed by atoms with Crippen molar-refractivity contribution < 1.29 is 9.84 Å². The highest BCUT2D eigenvalue weighted by molar-refractivity contribution is 5.81. The number of ether oxygens (including phenoxy) is 1. The van der Waals surface area contributed by atoms with E-state index in [2.05, 4.69) is 9.97 Å². The van der Waals surface area contributed by atoms with Crippen molar-refractivity contribution >= 4 is 11.0 Å². The zero-order valence-corrected chi connectivity index (χ0v) is 10.6. The Balaban J connectivity index is 2.27. The number of hydrogen-bond acceptors (Lipinski definition) is 4. The molecule has 0 saturated heterocycles. The van der Waals surface area contributed by atoms with E-state index in [0.29, 0.717) is 12.2 Å². The van der Waals surface area contributed by atoms with Gasteiger partial charge >= 0.3 is 0 Å². The molecule has 0 aliphatic rings. The lowest BCUT2D eigenvalue weighted by molar-refractivity contribution is 0.129. The number of nitriles is 1. The zero-order valence-electron chi connectivity index (χ0n) is 10.6. The van der Waals surface area contributed by atoms with Crippen LogP contribution >= 0.6 is 0 Å². The number of hydrogen-bond donors (Lipinski definition) is 2. The minimum absolute atomic E-state index is 0.0388. The maximum atomic E-state index is 8.98. The number of fused-ring (bicyclic) bond motifs is 1. The predicted octanol–water partition coefficient (Wildman–Crippen LogP) is 1.94. The summed E-state index contributed by atoms with van der Waals surface area (Å²) in [5.74, 6) is 0.624. The van der Waals surface area contributed by atoms with Gasteiger partial charge in [-0.1, -0.05) is 6.08 Å². The lowest BCUT2D eigenvalue weighted by atomic mass is 10.1. The average molecular weight is 257 g/mol. The maximum absolute atomic E-state index is 8.98. The quantitative estimate of drug-likeness (QED) is 0.802. The first-order valence-corrected chi connectivity index (χ1v) is 6.02. The number of allylic oxidation sites excluding steroid dienone is 2. The Bertz CT molecular complexity index is 625. The molecule has 0 spiro atoms. The van der Waals surface area contributed by atoms with Crippen LogP contribution in [0, 0.1) is 11.3 Å². The average Bonchev–Trinajstić information content (AvgIpc) is 2.82. The second kappa shape index (κ2) is 6.03. The van der Waals surface area contributed by atoms with Crippen molar-refractivity contribution in [3.05, 3.63) is 36.2 Å². The highest BCUT2D eigenvalue weighted by Crippen LogP contribution is 2.22. The van der Waals surface area contributed by atoms with Crippen molar-refractivity contribution in [3.8, 4) is 11.8 Å². The Morgan fingerprint density at radius 3 is 3.21 bits per heavy atom. The number of aliphatic hydroxyl groups excluding tert-OH is 1. The van der Waals surface area contributed by atoms with Crippen molar-refractivity contribution in [3.63, 3.8) is 0 Å². The van der Waals surface area contributed by atoms with Gasteiger partial charge in [0.1, 0.15) is 17.5 Å². The van der Waals surface area contributed by atoms with Crippen molar-refractivity contribution in [2.75, 3.05) is 6.61 Å². The van der Waals surface area contributed by atoms with E-state index in [1.54, 1.807) is 19.2 Å². The zero-order chi connectivity index (χ0) is 13.7. The van der Waals surface area contributed by atoms with Crippen LogP contribution in [-0.2, 0) is 6.42 Å². The molecule has 0 radical (unpaired) electrons. The van der Waals surface area contributed by atoms with Gasteiger partial charge in [0.2, 0.25) is 0 Å². The van der Waals surface area contributed by atoms with Crippen molar-refractivity contribution in [2.24, 2.45) is 0 Å². The van der Waals surface area contributed by atoms with Gasteiger partial charge in [-0.3, -0.25) is 0 Å². The Hall–Kier alpha value is -2.32. The van der Waals surface area contributed by atoms with Gasteiger partial charge in [0.05, 0.1) is 18.9 Å². The number of nitrogens with zero attached hydrogens (tertiary/aromatic N) is 2. The molecular formula is C14H15N3O2. The van der Waals surface area contributed by atoms with Crippen LogP contribution in [0.5, 0.6) is 5.75 Å². The number of H-pyrrole nitrogens is 1. The van der Waals surface area contributed by atoms with Gasteiger partial charge in [-0.2, -0.15) is 5.26 Å². The third-order valence-electron chi connectivity index (χ3n) is 2.72. The highest BCUT2D eigenvalue weighted by atomic mass is 16.5. The molecule has 2 aromatic heterocycles. The summed E-state index contributed by atoms with van der Waals surface area (Å²) in [4.78, 5) is 7.34. The summed E-state index contributed by atoms with van der Waals surface area (Å²) in [5.41, 5.74) is 1.83. The molecule has 2 N–H and O–H groups in total. The molecule has 98 valence electrons. The summed E-state index contributed by atoms with van der Waals surface area (Å²) < 4.78 is 5.52. The first kappa shape index (κ1) is 13.1. The lowest BCUT2D eigenvalue weighted by Gasteiger charge is -2.11. The molecule has 2 rings (SSSR count).